The lowest BCUT2D eigenvalue weighted by Crippen LogP contribution is -2.25. The summed E-state index contributed by atoms with van der Waals surface area (Å²) in [5.74, 6) is 0.379. The fourth-order valence-corrected chi connectivity index (χ4v) is 3.58. The molecule has 0 aliphatic heterocycles. The van der Waals surface area contributed by atoms with Crippen LogP contribution in [0, 0.1) is 5.41 Å². The van der Waals surface area contributed by atoms with E-state index in [1.165, 1.54) is 5.56 Å². The molecule has 0 aliphatic carbocycles. The van der Waals surface area contributed by atoms with Crippen LogP contribution in [-0.4, -0.2) is 18.2 Å². The van der Waals surface area contributed by atoms with Crippen molar-refractivity contribution in [3.8, 4) is 5.75 Å². The summed E-state index contributed by atoms with van der Waals surface area (Å²) < 4.78 is 5.60. The summed E-state index contributed by atoms with van der Waals surface area (Å²) >= 11 is 0. The zero-order chi connectivity index (χ0) is 22.2. The fourth-order valence-electron chi connectivity index (χ4n) is 3.58. The van der Waals surface area contributed by atoms with E-state index in [9.17, 15) is 4.79 Å². The van der Waals surface area contributed by atoms with E-state index in [2.05, 4.69) is 57.3 Å². The monoisotopic (exact) mass is 406 g/mol. The third-order valence-corrected chi connectivity index (χ3v) is 4.65. The van der Waals surface area contributed by atoms with Gasteiger partial charge in [-0.25, -0.2) is 5.43 Å². The summed E-state index contributed by atoms with van der Waals surface area (Å²) in [5, 5.41) is 4.08. The molecule has 0 atom stereocenters. The highest BCUT2D eigenvalue weighted by Crippen LogP contribution is 2.36. The number of allylic oxidation sites excluding steroid dienone is 1. The van der Waals surface area contributed by atoms with Gasteiger partial charge in [-0.15, -0.1) is 0 Å². The molecule has 1 N–H and O–H groups in total. The van der Waals surface area contributed by atoms with Crippen molar-refractivity contribution in [3.05, 3.63) is 71.8 Å². The molecule has 0 spiro atoms. The predicted octanol–water partition coefficient (Wildman–Crippen LogP) is 5.98. The summed E-state index contributed by atoms with van der Waals surface area (Å²) in [5.41, 5.74) is 5.90. The van der Waals surface area contributed by atoms with Gasteiger partial charge >= 0.3 is 0 Å². The minimum absolute atomic E-state index is 0.0770. The maximum atomic E-state index is 12.0. The summed E-state index contributed by atoms with van der Waals surface area (Å²) in [6.07, 6.45) is 4.89. The molecule has 4 heteroatoms. The number of hydrogen-bond donors (Lipinski definition) is 1. The van der Waals surface area contributed by atoms with Crippen LogP contribution in [0.3, 0.4) is 0 Å². The van der Waals surface area contributed by atoms with Gasteiger partial charge in [0.2, 0.25) is 0 Å². The quantitative estimate of drug-likeness (QED) is 0.433. The number of ether oxygens (including phenoxy) is 1. The highest BCUT2D eigenvalue weighted by molar-refractivity contribution is 5.97. The first kappa shape index (κ1) is 23.4. The zero-order valence-corrected chi connectivity index (χ0v) is 19.0. The lowest BCUT2D eigenvalue weighted by atomic mass is 9.72. The van der Waals surface area contributed by atoms with Gasteiger partial charge in [0.15, 0.2) is 6.61 Å². The van der Waals surface area contributed by atoms with Crippen molar-refractivity contribution >= 4 is 17.7 Å². The Morgan fingerprint density at radius 2 is 1.63 bits per heavy atom. The SMILES string of the molecule is CC(/C=C/c1ccccc1)=N/NC(=O)COc1ccc(C(C)(C)CC(C)(C)C)cc1. The van der Waals surface area contributed by atoms with Crippen LogP contribution in [0.4, 0.5) is 0 Å². The van der Waals surface area contributed by atoms with Crippen LogP contribution in [0.25, 0.3) is 6.08 Å². The Balaban J connectivity index is 1.84. The second kappa shape index (κ2) is 10.2. The number of nitrogens with zero attached hydrogens (tertiary/aromatic N) is 1. The molecular formula is C26H34N2O2. The van der Waals surface area contributed by atoms with Gasteiger partial charge in [0, 0.05) is 0 Å². The van der Waals surface area contributed by atoms with Gasteiger partial charge in [-0.05, 0) is 53.5 Å². The van der Waals surface area contributed by atoms with Crippen molar-refractivity contribution in [2.45, 2.75) is 53.4 Å². The number of hydrogen-bond acceptors (Lipinski definition) is 3. The van der Waals surface area contributed by atoms with E-state index in [4.69, 9.17) is 4.74 Å². The van der Waals surface area contributed by atoms with Gasteiger partial charge in [0.1, 0.15) is 5.75 Å². The lowest BCUT2D eigenvalue weighted by Gasteiger charge is -2.33. The van der Waals surface area contributed by atoms with Crippen LogP contribution in [0.1, 0.15) is 59.1 Å². The highest BCUT2D eigenvalue weighted by Gasteiger charge is 2.27. The van der Waals surface area contributed by atoms with Crippen LogP contribution in [-0.2, 0) is 10.2 Å². The Morgan fingerprint density at radius 1 is 1.00 bits per heavy atom. The Labute approximate surface area is 181 Å². The average Bonchev–Trinajstić information content (AvgIpc) is 2.68. The van der Waals surface area contributed by atoms with Gasteiger partial charge in [-0.1, -0.05) is 83.2 Å². The van der Waals surface area contributed by atoms with Gasteiger partial charge in [-0.2, -0.15) is 5.10 Å². The molecule has 0 heterocycles. The molecule has 30 heavy (non-hydrogen) atoms. The summed E-state index contributed by atoms with van der Waals surface area (Å²) in [6, 6.07) is 17.9. The fraction of sp³-hybridized carbons (Fsp3) is 0.385. The first-order valence-corrected chi connectivity index (χ1v) is 10.3. The van der Waals surface area contributed by atoms with E-state index in [1.807, 2.05) is 61.5 Å². The molecule has 1 amide bonds. The number of amides is 1. The standard InChI is InChI=1S/C26H34N2O2/c1-20(12-13-21-10-8-7-9-11-21)27-28-24(29)18-30-23-16-14-22(15-17-23)26(5,6)19-25(2,3)4/h7-17H,18-19H2,1-6H3,(H,28,29)/b13-12+,27-20-. The van der Waals surface area contributed by atoms with E-state index < -0.39 is 0 Å². The Bertz CT molecular complexity index is 873. The minimum atomic E-state index is -0.292. The first-order chi connectivity index (χ1) is 14.0. The number of carbonyl (C=O) groups is 1. The van der Waals surface area contributed by atoms with Gasteiger partial charge in [-0.3, -0.25) is 4.79 Å². The summed E-state index contributed by atoms with van der Waals surface area (Å²) in [4.78, 5) is 12.0. The van der Waals surface area contributed by atoms with Crippen molar-refractivity contribution in [1.29, 1.82) is 0 Å². The summed E-state index contributed by atoms with van der Waals surface area (Å²) in [7, 11) is 0. The maximum absolute atomic E-state index is 12.0. The maximum Gasteiger partial charge on any atom is 0.277 e. The normalized spacial score (nSPS) is 12.8. The zero-order valence-electron chi connectivity index (χ0n) is 19.0. The number of hydrazone groups is 1. The Kier molecular flexibility index (Phi) is 7.99. The molecule has 0 aliphatic rings. The van der Waals surface area contributed by atoms with Crippen molar-refractivity contribution in [3.63, 3.8) is 0 Å². The molecule has 0 unspecified atom stereocenters. The van der Waals surface area contributed by atoms with Gasteiger partial charge < -0.3 is 4.74 Å². The van der Waals surface area contributed by atoms with Crippen molar-refractivity contribution < 1.29 is 9.53 Å². The average molecular weight is 407 g/mol. The number of benzene rings is 2. The van der Waals surface area contributed by atoms with Crippen LogP contribution < -0.4 is 10.2 Å². The number of rotatable bonds is 8. The van der Waals surface area contributed by atoms with Crippen LogP contribution in [0.15, 0.2) is 65.8 Å². The molecule has 2 rings (SSSR count). The van der Waals surface area contributed by atoms with Crippen molar-refractivity contribution in [2.24, 2.45) is 10.5 Å². The molecule has 2 aromatic rings. The van der Waals surface area contributed by atoms with E-state index in [0.717, 1.165) is 12.0 Å². The first-order valence-electron chi connectivity index (χ1n) is 10.3. The van der Waals surface area contributed by atoms with Gasteiger partial charge in [0.05, 0.1) is 5.71 Å². The third-order valence-electron chi connectivity index (χ3n) is 4.65. The van der Waals surface area contributed by atoms with E-state index in [-0.39, 0.29) is 23.3 Å². The molecule has 0 aromatic heterocycles. The van der Waals surface area contributed by atoms with Crippen molar-refractivity contribution in [2.75, 3.05) is 6.61 Å². The topological polar surface area (TPSA) is 50.7 Å². The van der Waals surface area contributed by atoms with Gasteiger partial charge in [0.25, 0.3) is 5.91 Å². The smallest absolute Gasteiger partial charge is 0.277 e. The molecule has 4 nitrogen and oxygen atoms in total. The van der Waals surface area contributed by atoms with E-state index in [0.29, 0.717) is 11.5 Å². The van der Waals surface area contributed by atoms with Crippen molar-refractivity contribution in [1.82, 2.24) is 5.43 Å². The third kappa shape index (κ3) is 8.24. The van der Waals surface area contributed by atoms with E-state index >= 15 is 0 Å². The molecule has 0 bridgehead atoms. The molecular weight excluding hydrogens is 372 g/mol. The largest absolute Gasteiger partial charge is 0.484 e. The Hall–Kier alpha value is -2.88. The second-order valence-electron chi connectivity index (χ2n) is 9.47. The van der Waals surface area contributed by atoms with Crippen LogP contribution in [0.2, 0.25) is 0 Å². The molecule has 2 aromatic carbocycles. The number of nitrogens with one attached hydrogen (secondary N) is 1. The highest BCUT2D eigenvalue weighted by atomic mass is 16.5. The number of carbonyl (C=O) groups excluding carboxylic acids is 1. The van der Waals surface area contributed by atoms with Crippen LogP contribution >= 0.6 is 0 Å². The summed E-state index contributed by atoms with van der Waals surface area (Å²) in [6.45, 7) is 13.0. The lowest BCUT2D eigenvalue weighted by molar-refractivity contribution is -0.123. The molecule has 0 fully saturated rings. The Morgan fingerprint density at radius 3 is 2.23 bits per heavy atom. The minimum Gasteiger partial charge on any atom is -0.484 e. The second-order valence-corrected chi connectivity index (χ2v) is 9.47. The molecule has 160 valence electrons. The van der Waals surface area contributed by atoms with Crippen LogP contribution in [0.5, 0.6) is 5.75 Å². The molecule has 0 saturated carbocycles. The van der Waals surface area contributed by atoms with E-state index in [1.54, 1.807) is 0 Å². The molecule has 0 saturated heterocycles. The predicted molar refractivity (Wildman–Crippen MR) is 126 cm³/mol. The molecule has 0 radical (unpaired) electrons.